The maximum atomic E-state index is 12.3. The lowest BCUT2D eigenvalue weighted by atomic mass is 9.90. The lowest BCUT2D eigenvalue weighted by molar-refractivity contribution is -0.135. The van der Waals surface area contributed by atoms with Crippen LogP contribution < -0.4 is 0 Å². The van der Waals surface area contributed by atoms with Crippen molar-refractivity contribution < 1.29 is 10.0 Å². The molecule has 1 saturated heterocycles. The quantitative estimate of drug-likeness (QED) is 0.643. The van der Waals surface area contributed by atoms with Crippen LogP contribution in [0.25, 0.3) is 0 Å². The van der Waals surface area contributed by atoms with Gasteiger partial charge in [-0.25, -0.2) is 0 Å². The third-order valence-electron chi connectivity index (χ3n) is 3.71. The molecule has 1 atom stereocenters. The predicted molar refractivity (Wildman–Crippen MR) is 69.6 cm³/mol. The second-order valence-electron chi connectivity index (χ2n) is 5.19. The molecule has 1 aromatic carbocycles. The first-order valence-electron chi connectivity index (χ1n) is 6.06. The summed E-state index contributed by atoms with van der Waals surface area (Å²) in [5, 5.41) is 12.3. The molecule has 1 fully saturated rings. The van der Waals surface area contributed by atoms with Crippen LogP contribution in [0.3, 0.4) is 0 Å². The number of oxime groups is 1. The van der Waals surface area contributed by atoms with Crippen LogP contribution in [0.4, 0.5) is 0 Å². The van der Waals surface area contributed by atoms with E-state index in [9.17, 15) is 4.79 Å². The van der Waals surface area contributed by atoms with Gasteiger partial charge in [0.05, 0.1) is 23.7 Å². The van der Waals surface area contributed by atoms with Crippen LogP contribution in [0.2, 0.25) is 0 Å². The number of carbonyl (C=O) groups excluding carboxylic acids is 1. The van der Waals surface area contributed by atoms with Crippen LogP contribution in [0, 0.1) is 5.41 Å². The highest BCUT2D eigenvalue weighted by Gasteiger charge is 2.46. The van der Waals surface area contributed by atoms with Gasteiger partial charge in [0.1, 0.15) is 0 Å². The van der Waals surface area contributed by atoms with Crippen molar-refractivity contribution in [2.24, 2.45) is 10.6 Å². The summed E-state index contributed by atoms with van der Waals surface area (Å²) in [6, 6.07) is 9.85. The standard InChI is InChI=1S/C14H18N2O2/c1-10(11-7-5-4-6-8-11)16-9-12(15-18)14(2,3)13(16)17/h4-8,10,18H,9H2,1-3H3/t10-/m1/s1. The van der Waals surface area contributed by atoms with Gasteiger partial charge in [0.25, 0.3) is 0 Å². The summed E-state index contributed by atoms with van der Waals surface area (Å²) in [6.07, 6.45) is 0. The lowest BCUT2D eigenvalue weighted by Gasteiger charge is -2.25. The van der Waals surface area contributed by atoms with Crippen molar-refractivity contribution in [2.75, 3.05) is 6.54 Å². The summed E-state index contributed by atoms with van der Waals surface area (Å²) >= 11 is 0. The average molecular weight is 246 g/mol. The lowest BCUT2D eigenvalue weighted by Crippen LogP contribution is -2.33. The van der Waals surface area contributed by atoms with Gasteiger partial charge in [0, 0.05) is 0 Å². The number of hydrogen-bond donors (Lipinski definition) is 1. The molecule has 0 bridgehead atoms. The van der Waals surface area contributed by atoms with E-state index in [1.807, 2.05) is 37.3 Å². The van der Waals surface area contributed by atoms with Crippen molar-refractivity contribution in [1.29, 1.82) is 0 Å². The summed E-state index contributed by atoms with van der Waals surface area (Å²) < 4.78 is 0. The first-order chi connectivity index (χ1) is 8.48. The Balaban J connectivity index is 2.29. The number of likely N-dealkylation sites (tertiary alicyclic amines) is 1. The molecule has 4 nitrogen and oxygen atoms in total. The zero-order valence-corrected chi connectivity index (χ0v) is 10.9. The van der Waals surface area contributed by atoms with Gasteiger partial charge in [0.2, 0.25) is 5.91 Å². The molecule has 4 heteroatoms. The summed E-state index contributed by atoms with van der Waals surface area (Å²) in [5.41, 5.74) is 0.897. The molecule has 0 unspecified atom stereocenters. The van der Waals surface area contributed by atoms with E-state index in [2.05, 4.69) is 5.16 Å². The van der Waals surface area contributed by atoms with E-state index < -0.39 is 5.41 Å². The summed E-state index contributed by atoms with van der Waals surface area (Å²) in [5.74, 6) is 0.00616. The van der Waals surface area contributed by atoms with Crippen molar-refractivity contribution in [1.82, 2.24) is 4.90 Å². The highest BCUT2D eigenvalue weighted by Crippen LogP contribution is 2.34. The molecule has 2 rings (SSSR count). The Morgan fingerprint density at radius 2 is 1.94 bits per heavy atom. The fourth-order valence-corrected chi connectivity index (χ4v) is 2.29. The van der Waals surface area contributed by atoms with Gasteiger partial charge in [-0.1, -0.05) is 35.5 Å². The molecule has 18 heavy (non-hydrogen) atoms. The third-order valence-corrected chi connectivity index (χ3v) is 3.71. The van der Waals surface area contributed by atoms with Crippen LogP contribution in [0.5, 0.6) is 0 Å². The topological polar surface area (TPSA) is 52.9 Å². The van der Waals surface area contributed by atoms with Gasteiger partial charge in [-0.3, -0.25) is 4.79 Å². The zero-order valence-electron chi connectivity index (χ0n) is 10.9. The number of amides is 1. The molecular formula is C14H18N2O2. The molecule has 0 spiro atoms. The highest BCUT2D eigenvalue weighted by molar-refractivity contribution is 6.14. The van der Waals surface area contributed by atoms with E-state index in [4.69, 9.17) is 5.21 Å². The molecule has 1 aliphatic rings. The van der Waals surface area contributed by atoms with Gasteiger partial charge >= 0.3 is 0 Å². The first-order valence-corrected chi connectivity index (χ1v) is 6.06. The Hall–Kier alpha value is -1.84. The van der Waals surface area contributed by atoms with E-state index in [1.165, 1.54) is 0 Å². The molecule has 1 amide bonds. The number of nitrogens with zero attached hydrogens (tertiary/aromatic N) is 2. The Morgan fingerprint density at radius 1 is 1.33 bits per heavy atom. The Morgan fingerprint density at radius 3 is 2.44 bits per heavy atom. The van der Waals surface area contributed by atoms with Crippen molar-refractivity contribution in [2.45, 2.75) is 26.8 Å². The predicted octanol–water partition coefficient (Wildman–Crippen LogP) is 2.45. The van der Waals surface area contributed by atoms with Gasteiger partial charge in [0.15, 0.2) is 0 Å². The van der Waals surface area contributed by atoms with Crippen LogP contribution in [0.15, 0.2) is 35.5 Å². The number of hydrogen-bond acceptors (Lipinski definition) is 3. The SMILES string of the molecule is C[C@H](c1ccccc1)N1CC(=NO)C(C)(C)C1=O. The molecule has 1 aromatic rings. The zero-order chi connectivity index (χ0) is 13.3. The van der Waals surface area contributed by atoms with E-state index in [0.717, 1.165) is 5.56 Å². The number of rotatable bonds is 2. The second-order valence-corrected chi connectivity index (χ2v) is 5.19. The fourth-order valence-electron chi connectivity index (χ4n) is 2.29. The highest BCUT2D eigenvalue weighted by atomic mass is 16.4. The molecule has 0 aliphatic carbocycles. The van der Waals surface area contributed by atoms with E-state index in [0.29, 0.717) is 12.3 Å². The minimum atomic E-state index is -0.711. The number of benzene rings is 1. The number of carbonyl (C=O) groups is 1. The van der Waals surface area contributed by atoms with Crippen molar-refractivity contribution in [3.8, 4) is 0 Å². The van der Waals surface area contributed by atoms with Gasteiger partial charge in [-0.2, -0.15) is 0 Å². The maximum absolute atomic E-state index is 12.3. The van der Waals surface area contributed by atoms with E-state index in [1.54, 1.807) is 18.7 Å². The summed E-state index contributed by atoms with van der Waals surface area (Å²) in [6.45, 7) is 5.96. The Bertz CT molecular complexity index is 480. The van der Waals surface area contributed by atoms with Crippen molar-refractivity contribution >= 4 is 11.6 Å². The minimum Gasteiger partial charge on any atom is -0.411 e. The molecular weight excluding hydrogens is 228 g/mol. The van der Waals surface area contributed by atoms with Crippen LogP contribution in [-0.4, -0.2) is 28.3 Å². The van der Waals surface area contributed by atoms with E-state index in [-0.39, 0.29) is 11.9 Å². The van der Waals surface area contributed by atoms with Gasteiger partial charge in [-0.15, -0.1) is 0 Å². The summed E-state index contributed by atoms with van der Waals surface area (Å²) in [7, 11) is 0. The van der Waals surface area contributed by atoms with Gasteiger partial charge in [-0.05, 0) is 26.3 Å². The molecule has 0 saturated carbocycles. The monoisotopic (exact) mass is 246 g/mol. The average Bonchev–Trinajstić information content (AvgIpc) is 2.61. The molecule has 96 valence electrons. The third kappa shape index (κ3) is 1.88. The maximum Gasteiger partial charge on any atom is 0.234 e. The molecule has 1 heterocycles. The van der Waals surface area contributed by atoms with E-state index >= 15 is 0 Å². The minimum absolute atomic E-state index is 0.00616. The molecule has 1 N–H and O–H groups in total. The Kier molecular flexibility index (Phi) is 3.11. The van der Waals surface area contributed by atoms with Gasteiger partial charge < -0.3 is 10.1 Å². The van der Waals surface area contributed by atoms with Crippen molar-refractivity contribution in [3.05, 3.63) is 35.9 Å². The molecule has 1 aliphatic heterocycles. The summed E-state index contributed by atoms with van der Waals surface area (Å²) in [4.78, 5) is 14.1. The van der Waals surface area contributed by atoms with Crippen LogP contribution >= 0.6 is 0 Å². The Labute approximate surface area is 107 Å². The smallest absolute Gasteiger partial charge is 0.234 e. The normalized spacial score (nSPS) is 22.5. The molecule has 0 aromatic heterocycles. The van der Waals surface area contributed by atoms with Crippen LogP contribution in [0.1, 0.15) is 32.4 Å². The second kappa shape index (κ2) is 4.44. The molecule has 0 radical (unpaired) electrons. The fraction of sp³-hybridized carbons (Fsp3) is 0.429. The van der Waals surface area contributed by atoms with Crippen LogP contribution in [-0.2, 0) is 4.79 Å². The largest absolute Gasteiger partial charge is 0.411 e. The van der Waals surface area contributed by atoms with Crippen molar-refractivity contribution in [3.63, 3.8) is 0 Å². The first kappa shape index (κ1) is 12.6.